The fourth-order valence-corrected chi connectivity index (χ4v) is 3.83. The Bertz CT molecular complexity index is 514. The van der Waals surface area contributed by atoms with Gasteiger partial charge in [0.25, 0.3) is 0 Å². The van der Waals surface area contributed by atoms with Gasteiger partial charge in [0.2, 0.25) is 11.8 Å². The van der Waals surface area contributed by atoms with Crippen LogP contribution in [0.1, 0.15) is 58.3 Å². The lowest BCUT2D eigenvalue weighted by Crippen LogP contribution is -2.51. The van der Waals surface area contributed by atoms with E-state index in [0.717, 1.165) is 45.2 Å². The normalized spacial score (nSPS) is 19.1. The number of urea groups is 1. The quantitative estimate of drug-likeness (QED) is 0.573. The molecule has 28 heavy (non-hydrogen) atoms. The van der Waals surface area contributed by atoms with E-state index in [0.29, 0.717) is 19.1 Å². The number of likely N-dealkylation sites (N-methyl/N-ethyl adjacent to an activating group) is 1. The van der Waals surface area contributed by atoms with Gasteiger partial charge in [0.15, 0.2) is 0 Å². The van der Waals surface area contributed by atoms with E-state index < -0.39 is 0 Å². The van der Waals surface area contributed by atoms with Gasteiger partial charge in [-0.2, -0.15) is 0 Å². The van der Waals surface area contributed by atoms with Crippen molar-refractivity contribution in [2.45, 2.75) is 70.4 Å². The summed E-state index contributed by atoms with van der Waals surface area (Å²) < 4.78 is 0. The van der Waals surface area contributed by atoms with E-state index in [9.17, 15) is 14.4 Å². The molecule has 160 valence electrons. The molecule has 1 saturated carbocycles. The summed E-state index contributed by atoms with van der Waals surface area (Å²) in [5.41, 5.74) is 0. The molecule has 0 bridgehead atoms. The van der Waals surface area contributed by atoms with E-state index in [1.54, 1.807) is 7.05 Å². The van der Waals surface area contributed by atoms with E-state index >= 15 is 0 Å². The highest BCUT2D eigenvalue weighted by atomic mass is 16.2. The highest BCUT2D eigenvalue weighted by Gasteiger charge is 2.24. The number of carbonyl (C=O) groups excluding carboxylic acids is 3. The van der Waals surface area contributed by atoms with Crippen molar-refractivity contribution in [1.82, 2.24) is 25.8 Å². The van der Waals surface area contributed by atoms with Crippen molar-refractivity contribution in [2.24, 2.45) is 0 Å². The van der Waals surface area contributed by atoms with Gasteiger partial charge in [0.1, 0.15) is 0 Å². The number of piperidine rings is 1. The van der Waals surface area contributed by atoms with Crippen LogP contribution in [0.2, 0.25) is 0 Å². The summed E-state index contributed by atoms with van der Waals surface area (Å²) in [6.45, 7) is 4.59. The number of likely N-dealkylation sites (tertiary alicyclic amines) is 1. The van der Waals surface area contributed by atoms with Gasteiger partial charge in [-0.05, 0) is 32.1 Å². The molecule has 3 N–H and O–H groups in total. The van der Waals surface area contributed by atoms with Gasteiger partial charge < -0.3 is 20.9 Å². The van der Waals surface area contributed by atoms with Crippen LogP contribution in [-0.4, -0.2) is 79.5 Å². The summed E-state index contributed by atoms with van der Waals surface area (Å²) in [7, 11) is 1.66. The monoisotopic (exact) mass is 395 g/mol. The number of hydrogen-bond donors (Lipinski definition) is 3. The maximum atomic E-state index is 12.3. The lowest BCUT2D eigenvalue weighted by molar-refractivity contribution is -0.135. The summed E-state index contributed by atoms with van der Waals surface area (Å²) in [5.74, 6) is -0.169. The first-order valence-electron chi connectivity index (χ1n) is 10.8. The third kappa shape index (κ3) is 8.04. The molecule has 2 aliphatic rings. The predicted octanol–water partition coefficient (Wildman–Crippen LogP) is 1.07. The molecule has 0 radical (unpaired) electrons. The zero-order valence-corrected chi connectivity index (χ0v) is 17.5. The molecule has 8 heteroatoms. The average molecular weight is 396 g/mol. The second kappa shape index (κ2) is 11.9. The van der Waals surface area contributed by atoms with Gasteiger partial charge in [0, 0.05) is 38.8 Å². The second-order valence-electron chi connectivity index (χ2n) is 8.10. The standard InChI is InChI=1S/C20H37N5O3/c1-3-11-21-18(26)14-24(2)19(27)15-25-12-9-17(10-13-25)23-20(28)22-16-7-5-4-6-8-16/h16-17H,3-15H2,1-2H3,(H,21,26)(H2,22,23,28). The fourth-order valence-electron chi connectivity index (χ4n) is 3.83. The molecule has 8 nitrogen and oxygen atoms in total. The van der Waals surface area contributed by atoms with Crippen molar-refractivity contribution in [3.05, 3.63) is 0 Å². The van der Waals surface area contributed by atoms with Crippen LogP contribution in [-0.2, 0) is 9.59 Å². The highest BCUT2D eigenvalue weighted by molar-refractivity contribution is 5.85. The average Bonchev–Trinajstić information content (AvgIpc) is 2.68. The smallest absolute Gasteiger partial charge is 0.315 e. The Morgan fingerprint density at radius 1 is 0.964 bits per heavy atom. The van der Waals surface area contributed by atoms with E-state index in [-0.39, 0.29) is 30.4 Å². The topological polar surface area (TPSA) is 93.8 Å². The first-order valence-corrected chi connectivity index (χ1v) is 10.8. The zero-order chi connectivity index (χ0) is 20.4. The summed E-state index contributed by atoms with van der Waals surface area (Å²) in [6.07, 6.45) is 8.40. The number of nitrogens with one attached hydrogen (secondary N) is 3. The number of hydrogen-bond acceptors (Lipinski definition) is 4. The molecule has 4 amide bonds. The minimum absolute atomic E-state index is 0.0481. The van der Waals surface area contributed by atoms with Crippen LogP contribution in [0.5, 0.6) is 0 Å². The van der Waals surface area contributed by atoms with Crippen molar-refractivity contribution < 1.29 is 14.4 Å². The summed E-state index contributed by atoms with van der Waals surface area (Å²) in [4.78, 5) is 39.8. The Balaban J connectivity index is 1.62. The van der Waals surface area contributed by atoms with Crippen molar-refractivity contribution in [2.75, 3.05) is 39.8 Å². The molecule has 0 spiro atoms. The van der Waals surface area contributed by atoms with Gasteiger partial charge in [-0.25, -0.2) is 4.79 Å². The molecule has 1 aliphatic heterocycles. The Morgan fingerprint density at radius 2 is 1.57 bits per heavy atom. The van der Waals surface area contributed by atoms with Crippen LogP contribution in [0.3, 0.4) is 0 Å². The Labute approximate surface area is 168 Å². The van der Waals surface area contributed by atoms with Crippen LogP contribution in [0, 0.1) is 0 Å². The number of rotatable bonds is 8. The molecule has 0 aromatic heterocycles. The molecule has 0 unspecified atom stereocenters. The predicted molar refractivity (Wildman–Crippen MR) is 109 cm³/mol. The van der Waals surface area contributed by atoms with Crippen LogP contribution in [0.15, 0.2) is 0 Å². The van der Waals surface area contributed by atoms with Crippen LogP contribution in [0.25, 0.3) is 0 Å². The highest BCUT2D eigenvalue weighted by Crippen LogP contribution is 2.17. The van der Waals surface area contributed by atoms with Gasteiger partial charge in [-0.1, -0.05) is 26.2 Å². The molecule has 2 fully saturated rings. The molecular formula is C20H37N5O3. The molecule has 0 aromatic carbocycles. The van der Waals surface area contributed by atoms with Crippen molar-refractivity contribution in [3.8, 4) is 0 Å². The van der Waals surface area contributed by atoms with Gasteiger partial charge in [-0.3, -0.25) is 14.5 Å². The molecule has 1 aliphatic carbocycles. The third-order valence-corrected chi connectivity index (χ3v) is 5.60. The first-order chi connectivity index (χ1) is 13.5. The fraction of sp³-hybridized carbons (Fsp3) is 0.850. The number of amides is 4. The largest absolute Gasteiger partial charge is 0.355 e. The van der Waals surface area contributed by atoms with Gasteiger partial charge in [-0.15, -0.1) is 0 Å². The molecule has 0 aromatic rings. The molecule has 1 saturated heterocycles. The molecule has 2 rings (SSSR count). The number of nitrogens with zero attached hydrogens (tertiary/aromatic N) is 2. The Morgan fingerprint density at radius 3 is 2.18 bits per heavy atom. The maximum Gasteiger partial charge on any atom is 0.315 e. The second-order valence-corrected chi connectivity index (χ2v) is 8.10. The van der Waals surface area contributed by atoms with Crippen LogP contribution in [0.4, 0.5) is 4.79 Å². The minimum Gasteiger partial charge on any atom is -0.355 e. The van der Waals surface area contributed by atoms with Crippen LogP contribution < -0.4 is 16.0 Å². The van der Waals surface area contributed by atoms with E-state index in [1.807, 2.05) is 6.92 Å². The van der Waals surface area contributed by atoms with Crippen molar-refractivity contribution in [3.63, 3.8) is 0 Å². The minimum atomic E-state index is -0.121. The SMILES string of the molecule is CCCNC(=O)CN(C)C(=O)CN1CCC(NC(=O)NC2CCCCC2)CC1. The first kappa shape index (κ1) is 22.5. The third-order valence-electron chi connectivity index (χ3n) is 5.60. The summed E-state index contributed by atoms with van der Waals surface area (Å²) in [6, 6.07) is 0.420. The van der Waals surface area contributed by atoms with Crippen molar-refractivity contribution >= 4 is 17.8 Å². The lowest BCUT2D eigenvalue weighted by atomic mass is 9.96. The van der Waals surface area contributed by atoms with Crippen molar-refractivity contribution in [1.29, 1.82) is 0 Å². The van der Waals surface area contributed by atoms with Crippen LogP contribution >= 0.6 is 0 Å². The Kier molecular flexibility index (Phi) is 9.54. The van der Waals surface area contributed by atoms with E-state index in [4.69, 9.17) is 0 Å². The molecule has 0 atom stereocenters. The lowest BCUT2D eigenvalue weighted by Gasteiger charge is -2.33. The molecule has 1 heterocycles. The van der Waals surface area contributed by atoms with E-state index in [2.05, 4.69) is 20.9 Å². The zero-order valence-electron chi connectivity index (χ0n) is 17.5. The summed E-state index contributed by atoms with van der Waals surface area (Å²) in [5, 5.41) is 8.96. The van der Waals surface area contributed by atoms with Gasteiger partial charge in [0.05, 0.1) is 13.1 Å². The maximum absolute atomic E-state index is 12.3. The Hall–Kier alpha value is -1.83. The van der Waals surface area contributed by atoms with Gasteiger partial charge >= 0.3 is 6.03 Å². The van der Waals surface area contributed by atoms with E-state index in [1.165, 1.54) is 24.2 Å². The molecular weight excluding hydrogens is 358 g/mol. The number of carbonyl (C=O) groups is 3. The summed E-state index contributed by atoms with van der Waals surface area (Å²) >= 11 is 0.